The molecule has 3 heterocycles. The Bertz CT molecular complexity index is 1150. The molecule has 7 nitrogen and oxygen atoms in total. The van der Waals surface area contributed by atoms with Gasteiger partial charge in [0.25, 0.3) is 5.91 Å². The molecule has 8 heteroatoms. The van der Waals surface area contributed by atoms with Crippen molar-refractivity contribution in [2.24, 2.45) is 10.5 Å². The van der Waals surface area contributed by atoms with Crippen molar-refractivity contribution in [1.82, 2.24) is 4.90 Å². The standard InChI is InChI=1S/C25H27ClN4O3/c1-4-33-23(31)17-6-9-20(10-7-17)30-24(32)25(16(2)27-30)14-18-5-8-19(26)13-21(18)29-12-11-28(3)15-22(25)29/h5-10,13,22H,4,11-12,14-15H2,1-3H3/t22-,25-/m0/s1. The van der Waals surface area contributed by atoms with Gasteiger partial charge in [-0.3, -0.25) is 4.79 Å². The van der Waals surface area contributed by atoms with E-state index in [1.807, 2.05) is 25.1 Å². The number of fused-ring (bicyclic) bond motifs is 4. The van der Waals surface area contributed by atoms with Crippen molar-refractivity contribution < 1.29 is 14.3 Å². The molecule has 2 aromatic carbocycles. The summed E-state index contributed by atoms with van der Waals surface area (Å²) in [5.74, 6) is -0.411. The third kappa shape index (κ3) is 3.42. The Kier molecular flexibility index (Phi) is 5.41. The highest BCUT2D eigenvalue weighted by Gasteiger charge is 2.59. The molecular formula is C25H27ClN4O3. The number of rotatable bonds is 3. The number of anilines is 2. The summed E-state index contributed by atoms with van der Waals surface area (Å²) in [6.45, 7) is 6.55. The Hall–Kier alpha value is -2.90. The highest BCUT2D eigenvalue weighted by atomic mass is 35.5. The molecule has 2 aromatic rings. The van der Waals surface area contributed by atoms with Gasteiger partial charge in [-0.1, -0.05) is 17.7 Å². The maximum absolute atomic E-state index is 14.1. The van der Waals surface area contributed by atoms with Crippen molar-refractivity contribution in [2.75, 3.05) is 43.2 Å². The second-order valence-electron chi connectivity index (χ2n) is 8.96. The van der Waals surface area contributed by atoms with E-state index in [-0.39, 0.29) is 17.9 Å². The lowest BCUT2D eigenvalue weighted by molar-refractivity contribution is -0.125. The molecule has 0 bridgehead atoms. The van der Waals surface area contributed by atoms with Gasteiger partial charge in [0.15, 0.2) is 0 Å². The van der Waals surface area contributed by atoms with Crippen molar-refractivity contribution >= 4 is 40.6 Å². The third-order valence-corrected chi connectivity index (χ3v) is 7.31. The molecule has 0 saturated carbocycles. The number of piperazine rings is 1. The van der Waals surface area contributed by atoms with Gasteiger partial charge in [0.1, 0.15) is 5.41 Å². The van der Waals surface area contributed by atoms with E-state index < -0.39 is 5.41 Å². The first kappa shape index (κ1) is 21.9. The van der Waals surface area contributed by atoms with Gasteiger partial charge in [-0.2, -0.15) is 10.1 Å². The molecule has 2 atom stereocenters. The van der Waals surface area contributed by atoms with Crippen LogP contribution in [0.5, 0.6) is 0 Å². The van der Waals surface area contributed by atoms with Gasteiger partial charge >= 0.3 is 5.97 Å². The predicted molar refractivity (Wildman–Crippen MR) is 129 cm³/mol. The number of amides is 1. The summed E-state index contributed by atoms with van der Waals surface area (Å²) in [5.41, 5.74) is 3.38. The van der Waals surface area contributed by atoms with Crippen LogP contribution in [0.1, 0.15) is 29.8 Å². The quantitative estimate of drug-likeness (QED) is 0.646. The molecule has 1 amide bonds. The zero-order chi connectivity index (χ0) is 23.3. The van der Waals surface area contributed by atoms with Crippen molar-refractivity contribution in [3.63, 3.8) is 0 Å². The molecule has 172 valence electrons. The number of carbonyl (C=O) groups excluding carboxylic acids is 2. The lowest BCUT2D eigenvalue weighted by Crippen LogP contribution is -2.66. The summed E-state index contributed by atoms with van der Waals surface area (Å²) < 4.78 is 5.07. The highest BCUT2D eigenvalue weighted by Crippen LogP contribution is 2.48. The lowest BCUT2D eigenvalue weighted by atomic mass is 9.67. The van der Waals surface area contributed by atoms with E-state index in [2.05, 4.69) is 16.8 Å². The molecule has 0 radical (unpaired) electrons. The Balaban J connectivity index is 1.53. The van der Waals surface area contributed by atoms with E-state index in [1.54, 1.807) is 31.2 Å². The fourth-order valence-electron chi connectivity index (χ4n) is 5.35. The summed E-state index contributed by atoms with van der Waals surface area (Å²) in [6.07, 6.45) is 0.583. The maximum Gasteiger partial charge on any atom is 0.338 e. The lowest BCUT2D eigenvalue weighted by Gasteiger charge is -2.52. The van der Waals surface area contributed by atoms with Crippen LogP contribution in [0, 0.1) is 5.41 Å². The summed E-state index contributed by atoms with van der Waals surface area (Å²) >= 11 is 6.33. The molecule has 3 aliphatic heterocycles. The predicted octanol–water partition coefficient (Wildman–Crippen LogP) is 3.60. The van der Waals surface area contributed by atoms with E-state index in [9.17, 15) is 9.59 Å². The van der Waals surface area contributed by atoms with Crippen LogP contribution in [0.4, 0.5) is 11.4 Å². The van der Waals surface area contributed by atoms with E-state index >= 15 is 0 Å². The van der Waals surface area contributed by atoms with Gasteiger partial charge in [-0.05, 0) is 69.3 Å². The molecule has 0 N–H and O–H groups in total. The average molecular weight is 467 g/mol. The summed E-state index contributed by atoms with van der Waals surface area (Å²) in [6, 6.07) is 12.8. The number of esters is 1. The molecule has 0 aromatic heterocycles. The first-order valence-electron chi connectivity index (χ1n) is 11.3. The number of likely N-dealkylation sites (N-methyl/N-ethyl adjacent to an activating group) is 1. The molecule has 33 heavy (non-hydrogen) atoms. The van der Waals surface area contributed by atoms with E-state index in [0.29, 0.717) is 29.3 Å². The van der Waals surface area contributed by atoms with Crippen molar-refractivity contribution in [1.29, 1.82) is 0 Å². The topological polar surface area (TPSA) is 65.5 Å². The van der Waals surface area contributed by atoms with Gasteiger partial charge < -0.3 is 14.5 Å². The fraction of sp³-hybridized carbons (Fsp3) is 0.400. The number of hydrogen-bond donors (Lipinski definition) is 0. The van der Waals surface area contributed by atoms with Crippen LogP contribution in [0.2, 0.25) is 5.02 Å². The minimum atomic E-state index is -0.755. The SMILES string of the molecule is CCOC(=O)c1ccc(N2N=C(C)[C@]3(Cc4ccc(Cl)cc4N4CCN(C)C[C@H]43)C2=O)cc1. The van der Waals surface area contributed by atoms with Crippen LogP contribution < -0.4 is 9.91 Å². The van der Waals surface area contributed by atoms with E-state index in [4.69, 9.17) is 21.4 Å². The van der Waals surface area contributed by atoms with Gasteiger partial charge in [-0.15, -0.1) is 0 Å². The third-order valence-electron chi connectivity index (χ3n) is 7.07. The highest BCUT2D eigenvalue weighted by molar-refractivity contribution is 6.31. The zero-order valence-corrected chi connectivity index (χ0v) is 19.8. The molecular weight excluding hydrogens is 440 g/mol. The zero-order valence-electron chi connectivity index (χ0n) is 19.0. The van der Waals surface area contributed by atoms with Crippen LogP contribution in [0.15, 0.2) is 47.6 Å². The van der Waals surface area contributed by atoms with Crippen LogP contribution >= 0.6 is 11.6 Å². The van der Waals surface area contributed by atoms with E-state index in [0.717, 1.165) is 36.6 Å². The second kappa shape index (κ2) is 8.15. The Morgan fingerprint density at radius 2 is 1.97 bits per heavy atom. The van der Waals surface area contributed by atoms with Crippen LogP contribution in [0.25, 0.3) is 0 Å². The first-order valence-corrected chi connectivity index (χ1v) is 11.6. The molecule has 3 aliphatic rings. The fourth-order valence-corrected chi connectivity index (χ4v) is 5.51. The molecule has 1 spiro atoms. The molecule has 1 fully saturated rings. The Morgan fingerprint density at radius 1 is 1.21 bits per heavy atom. The van der Waals surface area contributed by atoms with Crippen molar-refractivity contribution in [3.05, 3.63) is 58.6 Å². The van der Waals surface area contributed by atoms with E-state index in [1.165, 1.54) is 5.01 Å². The monoisotopic (exact) mass is 466 g/mol. The molecule has 5 rings (SSSR count). The second-order valence-corrected chi connectivity index (χ2v) is 9.40. The van der Waals surface area contributed by atoms with Gasteiger partial charge in [0.05, 0.1) is 29.6 Å². The van der Waals surface area contributed by atoms with Crippen LogP contribution in [-0.4, -0.2) is 61.8 Å². The number of halogens is 1. The largest absolute Gasteiger partial charge is 0.462 e. The Labute approximate surface area is 198 Å². The summed E-state index contributed by atoms with van der Waals surface area (Å²) in [5, 5.41) is 6.95. The van der Waals surface area contributed by atoms with Gasteiger partial charge in [0, 0.05) is 30.3 Å². The number of nitrogens with zero attached hydrogens (tertiary/aromatic N) is 4. The maximum atomic E-state index is 14.1. The average Bonchev–Trinajstić information content (AvgIpc) is 3.05. The minimum Gasteiger partial charge on any atom is -0.462 e. The molecule has 0 aliphatic carbocycles. The first-order chi connectivity index (χ1) is 15.8. The summed E-state index contributed by atoms with van der Waals surface area (Å²) in [7, 11) is 2.09. The summed E-state index contributed by atoms with van der Waals surface area (Å²) in [4.78, 5) is 30.7. The number of hydrogen-bond acceptors (Lipinski definition) is 6. The molecule has 0 unspecified atom stereocenters. The van der Waals surface area contributed by atoms with Crippen molar-refractivity contribution in [3.8, 4) is 0 Å². The number of ether oxygens (including phenoxy) is 1. The van der Waals surface area contributed by atoms with Crippen LogP contribution in [0.3, 0.4) is 0 Å². The number of benzene rings is 2. The van der Waals surface area contributed by atoms with Crippen LogP contribution in [-0.2, 0) is 16.0 Å². The normalized spacial score (nSPS) is 24.5. The van der Waals surface area contributed by atoms with Gasteiger partial charge in [0.2, 0.25) is 0 Å². The number of hydrazone groups is 1. The Morgan fingerprint density at radius 3 is 2.70 bits per heavy atom. The number of carbonyl (C=O) groups is 2. The smallest absolute Gasteiger partial charge is 0.338 e. The van der Waals surface area contributed by atoms with Crippen molar-refractivity contribution in [2.45, 2.75) is 26.3 Å². The minimum absolute atomic E-state index is 0.0326. The molecule has 1 saturated heterocycles. The van der Waals surface area contributed by atoms with Gasteiger partial charge in [-0.25, -0.2) is 4.79 Å².